The summed E-state index contributed by atoms with van der Waals surface area (Å²) >= 11 is 12.2. The predicted molar refractivity (Wildman–Crippen MR) is 142 cm³/mol. The monoisotopic (exact) mass is 531 g/mol. The number of nitrogens with one attached hydrogen (secondary N) is 2. The fourth-order valence-electron chi connectivity index (χ4n) is 4.73. The number of hydrogen-bond donors (Lipinski definition) is 2. The fourth-order valence-corrected chi connectivity index (χ4v) is 5.19. The zero-order chi connectivity index (χ0) is 25.9. The first-order valence-corrected chi connectivity index (χ1v) is 12.8. The van der Waals surface area contributed by atoms with E-state index in [0.29, 0.717) is 60.8 Å². The van der Waals surface area contributed by atoms with Gasteiger partial charge in [0.05, 0.1) is 17.4 Å². The second-order valence-corrected chi connectivity index (χ2v) is 10.5. The summed E-state index contributed by atoms with van der Waals surface area (Å²) in [6.45, 7) is 5.73. The van der Waals surface area contributed by atoms with Crippen molar-refractivity contribution in [3.63, 3.8) is 0 Å². The lowest BCUT2D eigenvalue weighted by Gasteiger charge is -2.43. The third kappa shape index (κ3) is 5.55. The lowest BCUT2D eigenvalue weighted by Crippen LogP contribution is -2.58. The maximum Gasteiger partial charge on any atom is 0.321 e. The van der Waals surface area contributed by atoms with Gasteiger partial charge in [-0.15, -0.1) is 0 Å². The number of carbonyl (C=O) groups is 3. The molecule has 0 radical (unpaired) electrons. The minimum Gasteiger partial charge on any atom is -0.354 e. The van der Waals surface area contributed by atoms with Crippen LogP contribution in [0, 0.1) is 5.92 Å². The van der Waals surface area contributed by atoms with Gasteiger partial charge in [0.1, 0.15) is 12.1 Å². The predicted octanol–water partition coefficient (Wildman–Crippen LogP) is 4.44. The maximum absolute atomic E-state index is 13.7. The van der Waals surface area contributed by atoms with Crippen molar-refractivity contribution in [1.82, 2.24) is 15.1 Å². The van der Waals surface area contributed by atoms with Crippen molar-refractivity contribution >= 4 is 52.4 Å². The molecule has 10 heteroatoms. The Morgan fingerprint density at radius 2 is 1.75 bits per heavy atom. The first-order chi connectivity index (χ1) is 17.2. The van der Waals surface area contributed by atoms with E-state index in [0.717, 1.165) is 5.69 Å². The lowest BCUT2D eigenvalue weighted by molar-refractivity contribution is -0.137. The molecule has 2 N–H and O–H groups in total. The molecule has 0 aliphatic carbocycles. The normalized spacial score (nSPS) is 17.1. The van der Waals surface area contributed by atoms with Crippen LogP contribution >= 0.6 is 23.2 Å². The molecule has 0 atom stereocenters. The molecule has 0 aromatic heterocycles. The first-order valence-electron chi connectivity index (χ1n) is 12.1. The van der Waals surface area contributed by atoms with Gasteiger partial charge in [-0.1, -0.05) is 55.2 Å². The summed E-state index contributed by atoms with van der Waals surface area (Å²) in [5.41, 5.74) is 0.587. The van der Waals surface area contributed by atoms with Gasteiger partial charge in [-0.25, -0.2) is 4.79 Å². The number of amides is 4. The minimum absolute atomic E-state index is 0.00982. The molecule has 2 aromatic carbocycles. The number of urea groups is 1. The van der Waals surface area contributed by atoms with E-state index in [-0.39, 0.29) is 24.4 Å². The van der Waals surface area contributed by atoms with Crippen molar-refractivity contribution in [3.05, 3.63) is 58.6 Å². The molecule has 192 valence electrons. The Kier molecular flexibility index (Phi) is 7.95. The maximum atomic E-state index is 13.7. The van der Waals surface area contributed by atoms with Crippen molar-refractivity contribution in [2.24, 2.45) is 5.92 Å². The summed E-state index contributed by atoms with van der Waals surface area (Å²) in [4.78, 5) is 44.6. The molecule has 1 spiro atoms. The SMILES string of the molecule is CC(C)CNC(=O)CN1CN(c2ccccc2)C2(CCN(C(=O)Nc3ccc(Cl)cc3Cl)CC2)C1=O. The molecule has 2 aliphatic heterocycles. The highest BCUT2D eigenvalue weighted by atomic mass is 35.5. The summed E-state index contributed by atoms with van der Waals surface area (Å²) in [6.07, 6.45) is 0.902. The number of para-hydroxylation sites is 1. The van der Waals surface area contributed by atoms with Crippen LogP contribution in [0.1, 0.15) is 26.7 Å². The molecule has 4 amide bonds. The van der Waals surface area contributed by atoms with Crippen LogP contribution in [0.4, 0.5) is 16.2 Å². The largest absolute Gasteiger partial charge is 0.354 e. The molecule has 2 saturated heterocycles. The second-order valence-electron chi connectivity index (χ2n) is 9.68. The van der Waals surface area contributed by atoms with Crippen LogP contribution < -0.4 is 15.5 Å². The van der Waals surface area contributed by atoms with Crippen LogP contribution in [0.15, 0.2) is 48.5 Å². The minimum atomic E-state index is -0.811. The highest BCUT2D eigenvalue weighted by Crippen LogP contribution is 2.39. The molecular formula is C26H31Cl2N5O3. The van der Waals surface area contributed by atoms with E-state index >= 15 is 0 Å². The number of piperidine rings is 1. The quantitative estimate of drug-likeness (QED) is 0.577. The lowest BCUT2D eigenvalue weighted by atomic mass is 9.85. The van der Waals surface area contributed by atoms with E-state index in [1.807, 2.05) is 44.2 Å². The highest BCUT2D eigenvalue weighted by molar-refractivity contribution is 6.36. The van der Waals surface area contributed by atoms with Crippen LogP contribution in [-0.2, 0) is 9.59 Å². The summed E-state index contributed by atoms with van der Waals surface area (Å²) in [7, 11) is 0. The van der Waals surface area contributed by atoms with Crippen molar-refractivity contribution in [2.45, 2.75) is 32.2 Å². The van der Waals surface area contributed by atoms with Gasteiger partial charge in [0.15, 0.2) is 0 Å². The topological polar surface area (TPSA) is 85.0 Å². The van der Waals surface area contributed by atoms with Crippen LogP contribution in [0.5, 0.6) is 0 Å². The van der Waals surface area contributed by atoms with E-state index in [1.165, 1.54) is 0 Å². The summed E-state index contributed by atoms with van der Waals surface area (Å²) in [6, 6.07) is 14.4. The Morgan fingerprint density at radius 3 is 2.39 bits per heavy atom. The number of carbonyl (C=O) groups excluding carboxylic acids is 3. The van der Waals surface area contributed by atoms with Crippen LogP contribution in [0.2, 0.25) is 10.0 Å². The van der Waals surface area contributed by atoms with Crippen LogP contribution in [-0.4, -0.2) is 66.0 Å². The van der Waals surface area contributed by atoms with E-state index in [2.05, 4.69) is 15.5 Å². The molecule has 4 rings (SSSR count). The van der Waals surface area contributed by atoms with Gasteiger partial charge in [-0.2, -0.15) is 0 Å². The van der Waals surface area contributed by atoms with E-state index < -0.39 is 5.54 Å². The fraction of sp³-hybridized carbons (Fsp3) is 0.423. The average molecular weight is 532 g/mol. The van der Waals surface area contributed by atoms with Gasteiger partial charge < -0.3 is 25.3 Å². The molecule has 2 fully saturated rings. The van der Waals surface area contributed by atoms with Gasteiger partial charge in [0.25, 0.3) is 5.91 Å². The smallest absolute Gasteiger partial charge is 0.321 e. The molecular weight excluding hydrogens is 501 g/mol. The molecule has 8 nitrogen and oxygen atoms in total. The Balaban J connectivity index is 1.48. The third-order valence-electron chi connectivity index (χ3n) is 6.67. The van der Waals surface area contributed by atoms with Gasteiger partial charge >= 0.3 is 6.03 Å². The molecule has 2 aliphatic rings. The number of likely N-dealkylation sites (tertiary alicyclic amines) is 1. The number of benzene rings is 2. The van der Waals surface area contributed by atoms with Gasteiger partial charge in [-0.3, -0.25) is 9.59 Å². The number of rotatable bonds is 6. The number of halogens is 2. The Morgan fingerprint density at radius 1 is 1.06 bits per heavy atom. The van der Waals surface area contributed by atoms with E-state index in [9.17, 15) is 14.4 Å². The van der Waals surface area contributed by atoms with Crippen molar-refractivity contribution < 1.29 is 14.4 Å². The Labute approximate surface area is 221 Å². The number of hydrogen-bond acceptors (Lipinski definition) is 4. The summed E-state index contributed by atoms with van der Waals surface area (Å²) in [5.74, 6) is 0.0826. The number of anilines is 2. The van der Waals surface area contributed by atoms with Crippen molar-refractivity contribution in [3.8, 4) is 0 Å². The summed E-state index contributed by atoms with van der Waals surface area (Å²) in [5, 5.41) is 6.58. The standard InChI is InChI=1S/C26H31Cl2N5O3/c1-18(2)15-29-23(34)16-32-17-33(20-6-4-3-5-7-20)26(24(32)35)10-12-31(13-11-26)25(36)30-22-9-8-19(27)14-21(22)28/h3-9,14,18H,10-13,15-17H2,1-2H3,(H,29,34)(H,30,36). The van der Waals surface area contributed by atoms with E-state index in [4.69, 9.17) is 23.2 Å². The van der Waals surface area contributed by atoms with Crippen LogP contribution in [0.3, 0.4) is 0 Å². The molecule has 36 heavy (non-hydrogen) atoms. The molecule has 2 aromatic rings. The van der Waals surface area contributed by atoms with Gasteiger partial charge in [0, 0.05) is 30.3 Å². The first kappa shape index (κ1) is 26.1. The molecule has 0 saturated carbocycles. The highest BCUT2D eigenvalue weighted by Gasteiger charge is 2.54. The molecule has 2 heterocycles. The van der Waals surface area contributed by atoms with Gasteiger partial charge in [-0.05, 0) is 49.1 Å². The van der Waals surface area contributed by atoms with Crippen molar-refractivity contribution in [2.75, 3.05) is 43.1 Å². The number of nitrogens with zero attached hydrogens (tertiary/aromatic N) is 3. The Bertz CT molecular complexity index is 1120. The average Bonchev–Trinajstić information content (AvgIpc) is 3.11. The third-order valence-corrected chi connectivity index (χ3v) is 7.22. The molecule has 0 bridgehead atoms. The zero-order valence-electron chi connectivity index (χ0n) is 20.5. The molecule has 0 unspecified atom stereocenters. The Hall–Kier alpha value is -2.97. The van der Waals surface area contributed by atoms with Gasteiger partial charge in [0.2, 0.25) is 5.91 Å². The van der Waals surface area contributed by atoms with Crippen LogP contribution in [0.25, 0.3) is 0 Å². The van der Waals surface area contributed by atoms with Crippen molar-refractivity contribution in [1.29, 1.82) is 0 Å². The summed E-state index contributed by atoms with van der Waals surface area (Å²) < 4.78 is 0. The van der Waals surface area contributed by atoms with E-state index in [1.54, 1.807) is 28.0 Å². The zero-order valence-corrected chi connectivity index (χ0v) is 22.0. The second kappa shape index (κ2) is 11.0.